The van der Waals surface area contributed by atoms with E-state index >= 15 is 0 Å². The molecule has 0 amide bonds. The molecule has 0 spiro atoms. The van der Waals surface area contributed by atoms with Crippen molar-refractivity contribution in [2.75, 3.05) is 0 Å². The average Bonchev–Trinajstić information content (AvgIpc) is 2.57. The average molecular weight is 216 g/mol. The minimum Gasteiger partial charge on any atom is -0.390 e. The number of hydrogen-bond donors (Lipinski definition) is 1. The summed E-state index contributed by atoms with van der Waals surface area (Å²) < 4.78 is 38.5. The maximum absolute atomic E-state index is 12.5. The van der Waals surface area contributed by atoms with Gasteiger partial charge in [-0.1, -0.05) is 6.07 Å². The Hall–Kier alpha value is -1.56. The van der Waals surface area contributed by atoms with E-state index in [4.69, 9.17) is 5.11 Å². The zero-order valence-electron chi connectivity index (χ0n) is 7.49. The number of nitrogens with zero attached hydrogens (tertiary/aromatic N) is 2. The van der Waals surface area contributed by atoms with Gasteiger partial charge in [-0.25, -0.2) is 4.98 Å². The predicted octanol–water partition coefficient (Wildman–Crippen LogP) is 1.85. The molecule has 1 N–H and O–H groups in total. The first-order chi connectivity index (χ1) is 7.02. The first kappa shape index (κ1) is 9.97. The summed E-state index contributed by atoms with van der Waals surface area (Å²) in [6.45, 7) is -0.376. The van der Waals surface area contributed by atoms with Gasteiger partial charge in [-0.2, -0.15) is 13.2 Å². The first-order valence-corrected chi connectivity index (χ1v) is 4.17. The van der Waals surface area contributed by atoms with Gasteiger partial charge in [0.05, 0.1) is 12.3 Å². The molecule has 0 saturated carbocycles. The first-order valence-electron chi connectivity index (χ1n) is 4.17. The van der Waals surface area contributed by atoms with E-state index in [0.29, 0.717) is 0 Å². The Bertz CT molecular complexity index is 490. The molecular weight excluding hydrogens is 209 g/mol. The zero-order valence-corrected chi connectivity index (χ0v) is 7.49. The SMILES string of the molecule is OCc1cn2c(C(F)(F)F)cccc2n1. The molecule has 2 aromatic heterocycles. The van der Waals surface area contributed by atoms with E-state index in [2.05, 4.69) is 4.98 Å². The van der Waals surface area contributed by atoms with Crippen molar-refractivity contribution in [1.82, 2.24) is 9.38 Å². The van der Waals surface area contributed by atoms with Crippen LogP contribution in [0.2, 0.25) is 0 Å². The Morgan fingerprint density at radius 2 is 2.07 bits per heavy atom. The lowest BCUT2D eigenvalue weighted by Gasteiger charge is -2.08. The van der Waals surface area contributed by atoms with Crippen molar-refractivity contribution in [3.05, 3.63) is 35.8 Å². The Kier molecular flexibility index (Phi) is 2.15. The largest absolute Gasteiger partial charge is 0.431 e. The molecule has 2 rings (SSSR count). The Morgan fingerprint density at radius 1 is 1.33 bits per heavy atom. The van der Waals surface area contributed by atoms with Crippen LogP contribution in [-0.2, 0) is 12.8 Å². The standard InChI is InChI=1S/C9H7F3N2O/c10-9(11,12)7-2-1-3-8-13-6(5-15)4-14(7)8/h1-4,15H,5H2. The van der Waals surface area contributed by atoms with Gasteiger partial charge in [0.25, 0.3) is 0 Å². The molecule has 15 heavy (non-hydrogen) atoms. The van der Waals surface area contributed by atoms with Crippen molar-refractivity contribution in [3.8, 4) is 0 Å². The maximum Gasteiger partial charge on any atom is 0.431 e. The fraction of sp³-hybridized carbons (Fsp3) is 0.222. The van der Waals surface area contributed by atoms with E-state index < -0.39 is 11.9 Å². The minimum atomic E-state index is -4.42. The molecule has 0 aliphatic carbocycles. The molecule has 0 saturated heterocycles. The lowest BCUT2D eigenvalue weighted by Crippen LogP contribution is -2.10. The normalized spacial score (nSPS) is 12.3. The van der Waals surface area contributed by atoms with E-state index in [0.717, 1.165) is 10.5 Å². The molecule has 80 valence electrons. The molecule has 0 aliphatic heterocycles. The third-order valence-corrected chi connectivity index (χ3v) is 1.99. The summed E-state index contributed by atoms with van der Waals surface area (Å²) in [6, 6.07) is 3.70. The summed E-state index contributed by atoms with van der Waals surface area (Å²) in [5, 5.41) is 8.78. The van der Waals surface area contributed by atoms with Crippen LogP contribution in [0.1, 0.15) is 11.4 Å². The van der Waals surface area contributed by atoms with Crippen molar-refractivity contribution in [1.29, 1.82) is 0 Å². The van der Waals surface area contributed by atoms with Crippen LogP contribution in [0.3, 0.4) is 0 Å². The Morgan fingerprint density at radius 3 is 2.67 bits per heavy atom. The van der Waals surface area contributed by atoms with Crippen LogP contribution in [0.15, 0.2) is 24.4 Å². The number of pyridine rings is 1. The molecule has 0 radical (unpaired) electrons. The molecule has 3 nitrogen and oxygen atoms in total. The highest BCUT2D eigenvalue weighted by molar-refractivity contribution is 5.42. The minimum absolute atomic E-state index is 0.175. The number of imidazole rings is 1. The summed E-state index contributed by atoms with van der Waals surface area (Å²) in [5.41, 5.74) is -0.409. The van der Waals surface area contributed by atoms with Crippen LogP contribution in [-0.4, -0.2) is 14.5 Å². The van der Waals surface area contributed by atoms with Gasteiger partial charge in [-0.15, -0.1) is 0 Å². The highest BCUT2D eigenvalue weighted by Gasteiger charge is 2.33. The summed E-state index contributed by atoms with van der Waals surface area (Å²) in [5.74, 6) is 0. The molecular formula is C9H7F3N2O. The van der Waals surface area contributed by atoms with E-state index in [1.54, 1.807) is 0 Å². The number of aliphatic hydroxyl groups excluding tert-OH is 1. The number of aromatic nitrogens is 2. The highest BCUT2D eigenvalue weighted by Crippen LogP contribution is 2.29. The fourth-order valence-electron chi connectivity index (χ4n) is 1.37. The van der Waals surface area contributed by atoms with E-state index in [9.17, 15) is 13.2 Å². The molecule has 0 atom stereocenters. The predicted molar refractivity (Wildman–Crippen MR) is 46.1 cm³/mol. The van der Waals surface area contributed by atoms with E-state index in [1.165, 1.54) is 18.3 Å². The Labute approximate surface area is 82.8 Å². The van der Waals surface area contributed by atoms with Crippen molar-refractivity contribution < 1.29 is 18.3 Å². The van der Waals surface area contributed by atoms with Gasteiger partial charge >= 0.3 is 6.18 Å². The monoisotopic (exact) mass is 216 g/mol. The van der Waals surface area contributed by atoms with Gasteiger partial charge in [0.2, 0.25) is 0 Å². The molecule has 0 unspecified atom stereocenters. The lowest BCUT2D eigenvalue weighted by molar-refractivity contribution is -0.142. The molecule has 0 fully saturated rings. The van der Waals surface area contributed by atoms with Crippen molar-refractivity contribution in [3.63, 3.8) is 0 Å². The van der Waals surface area contributed by atoms with Gasteiger partial charge in [-0.3, -0.25) is 4.40 Å². The van der Waals surface area contributed by atoms with Gasteiger partial charge in [0.1, 0.15) is 11.3 Å². The summed E-state index contributed by atoms with van der Waals surface area (Å²) >= 11 is 0. The topological polar surface area (TPSA) is 37.5 Å². The summed E-state index contributed by atoms with van der Waals surface area (Å²) in [7, 11) is 0. The number of aliphatic hydroxyl groups is 1. The second-order valence-corrected chi connectivity index (χ2v) is 3.03. The van der Waals surface area contributed by atoms with Crippen molar-refractivity contribution in [2.24, 2.45) is 0 Å². The van der Waals surface area contributed by atoms with E-state index in [1.807, 2.05) is 0 Å². The summed E-state index contributed by atoms with van der Waals surface area (Å²) in [4.78, 5) is 3.82. The Balaban J connectivity index is 2.70. The van der Waals surface area contributed by atoms with Crippen molar-refractivity contribution in [2.45, 2.75) is 12.8 Å². The van der Waals surface area contributed by atoms with Crippen molar-refractivity contribution >= 4 is 5.65 Å². The van der Waals surface area contributed by atoms with Gasteiger partial charge < -0.3 is 5.11 Å². The number of rotatable bonds is 1. The highest BCUT2D eigenvalue weighted by atomic mass is 19.4. The van der Waals surface area contributed by atoms with Gasteiger partial charge in [0, 0.05) is 6.20 Å². The number of alkyl halides is 3. The molecule has 2 aromatic rings. The van der Waals surface area contributed by atoms with Crippen LogP contribution in [0.25, 0.3) is 5.65 Å². The molecule has 0 aliphatic rings. The van der Waals surface area contributed by atoms with Gasteiger partial charge in [0.15, 0.2) is 0 Å². The third kappa shape index (κ3) is 1.68. The second-order valence-electron chi connectivity index (χ2n) is 3.03. The van der Waals surface area contributed by atoms with Crippen LogP contribution in [0.4, 0.5) is 13.2 Å². The maximum atomic E-state index is 12.5. The molecule has 6 heteroatoms. The lowest BCUT2D eigenvalue weighted by atomic mass is 10.3. The fourth-order valence-corrected chi connectivity index (χ4v) is 1.37. The van der Waals surface area contributed by atoms with Crippen LogP contribution >= 0.6 is 0 Å². The second kappa shape index (κ2) is 3.23. The quantitative estimate of drug-likeness (QED) is 0.789. The number of halogens is 3. The number of fused-ring (bicyclic) bond motifs is 1. The number of hydrogen-bond acceptors (Lipinski definition) is 2. The molecule has 0 aromatic carbocycles. The van der Waals surface area contributed by atoms with Gasteiger partial charge in [-0.05, 0) is 12.1 Å². The zero-order chi connectivity index (χ0) is 11.1. The smallest absolute Gasteiger partial charge is 0.390 e. The molecule has 2 heterocycles. The van der Waals surface area contributed by atoms with Crippen LogP contribution < -0.4 is 0 Å². The van der Waals surface area contributed by atoms with Crippen LogP contribution in [0.5, 0.6) is 0 Å². The van der Waals surface area contributed by atoms with E-state index in [-0.39, 0.29) is 17.9 Å². The summed E-state index contributed by atoms with van der Waals surface area (Å²) in [6.07, 6.45) is -3.24. The van der Waals surface area contributed by atoms with Crippen LogP contribution in [0, 0.1) is 0 Å². The molecule has 0 bridgehead atoms. The third-order valence-electron chi connectivity index (χ3n) is 1.99.